The Labute approximate surface area is 412 Å². The highest BCUT2D eigenvalue weighted by Gasteiger charge is 2.36. The number of unbranched alkanes of at least 4 members (excludes halogenated alkanes) is 1. The summed E-state index contributed by atoms with van der Waals surface area (Å²) in [6, 6.07) is -13.5. The molecule has 33 heteroatoms. The normalized spacial score (nSPS) is 14.5. The summed E-state index contributed by atoms with van der Waals surface area (Å²) in [5, 5.41) is 35.7. The maximum Gasteiger partial charge on any atom is 0.326 e. The Bertz CT molecular complexity index is 1980. The summed E-state index contributed by atoms with van der Waals surface area (Å²) in [5.41, 5.74) is 54.0. The summed E-state index contributed by atoms with van der Waals surface area (Å²) < 4.78 is 0. The van der Waals surface area contributed by atoms with Crippen molar-refractivity contribution >= 4 is 82.9 Å². The van der Waals surface area contributed by atoms with Gasteiger partial charge in [0.1, 0.15) is 42.3 Å². The summed E-state index contributed by atoms with van der Waals surface area (Å²) in [6.07, 6.45) is -5.03. The second-order valence-electron chi connectivity index (χ2n) is 16.2. The lowest BCUT2D eigenvalue weighted by atomic mass is 10.0. The van der Waals surface area contributed by atoms with Gasteiger partial charge in [0.2, 0.25) is 65.0 Å². The van der Waals surface area contributed by atoms with Crippen LogP contribution in [0, 0.1) is 0 Å². The van der Waals surface area contributed by atoms with Gasteiger partial charge in [0.15, 0.2) is 11.9 Å². The summed E-state index contributed by atoms with van der Waals surface area (Å²) in [5.74, 6) is -14.4. The van der Waals surface area contributed by atoms with Crippen LogP contribution >= 0.6 is 0 Å². The van der Waals surface area contributed by atoms with Crippen LogP contribution in [0.15, 0.2) is 9.98 Å². The summed E-state index contributed by atoms with van der Waals surface area (Å²) in [4.78, 5) is 161. The SMILES string of the molecule is CC(O)C(NC(=O)C(CCCCN)NC(=O)C(CCC(N)=O)NC(=O)C(CCCN=C(N)N)NC(=O)C(CC(N)=O)NC(=O)C(N)CCCN=C(N)N)C(=O)NC(CC(N)=O)C(=O)NC(CC(N)=O)C(=O)O. The molecule has 0 aliphatic heterocycles. The number of nitrogens with two attached hydrogens (primary N) is 10. The molecule has 0 heterocycles. The lowest BCUT2D eigenvalue weighted by Crippen LogP contribution is -2.62. The number of carbonyl (C=O) groups is 12. The van der Waals surface area contributed by atoms with Gasteiger partial charge in [-0.05, 0) is 64.8 Å². The number of aliphatic hydroxyl groups excluding tert-OH is 1. The first-order valence-corrected chi connectivity index (χ1v) is 22.3. The number of carboxylic acids is 1. The topological polar surface area (TPSA) is 614 Å². The molecule has 0 fully saturated rings. The highest BCUT2D eigenvalue weighted by Crippen LogP contribution is 2.09. The van der Waals surface area contributed by atoms with Crippen molar-refractivity contribution in [1.82, 2.24) is 37.2 Å². The molecule has 0 saturated heterocycles. The molecule has 29 N–H and O–H groups in total. The molecule has 0 spiro atoms. The summed E-state index contributed by atoms with van der Waals surface area (Å²) in [6.45, 7) is 1.22. The Morgan fingerprint density at radius 3 is 1.21 bits per heavy atom. The molecule has 72 heavy (non-hydrogen) atoms. The number of amides is 11. The number of nitrogens with zero attached hydrogens (tertiary/aromatic N) is 2. The molecule has 9 atom stereocenters. The molecule has 0 aliphatic carbocycles. The number of carbonyl (C=O) groups excluding carboxylic acids is 11. The average Bonchev–Trinajstić information content (AvgIpc) is 3.26. The van der Waals surface area contributed by atoms with Gasteiger partial charge >= 0.3 is 5.97 Å². The lowest BCUT2D eigenvalue weighted by Gasteiger charge is -2.28. The molecule has 0 saturated carbocycles. The van der Waals surface area contributed by atoms with Crippen LogP contribution in [0.4, 0.5) is 0 Å². The van der Waals surface area contributed by atoms with Crippen molar-refractivity contribution in [2.75, 3.05) is 19.6 Å². The third-order valence-electron chi connectivity index (χ3n) is 9.93. The van der Waals surface area contributed by atoms with Gasteiger partial charge in [-0.3, -0.25) is 62.7 Å². The van der Waals surface area contributed by atoms with Gasteiger partial charge in [-0.25, -0.2) is 4.79 Å². The Kier molecular flexibility index (Phi) is 29.9. The van der Waals surface area contributed by atoms with Crippen molar-refractivity contribution in [2.45, 2.75) is 138 Å². The Balaban J connectivity index is 6.76. The molecule has 0 aromatic carbocycles. The molecule has 11 amide bonds. The van der Waals surface area contributed by atoms with E-state index in [1.165, 1.54) is 0 Å². The maximum atomic E-state index is 14.0. The van der Waals surface area contributed by atoms with Gasteiger partial charge in [0.05, 0.1) is 31.4 Å². The smallest absolute Gasteiger partial charge is 0.326 e. The molecule has 33 nitrogen and oxygen atoms in total. The van der Waals surface area contributed by atoms with Crippen molar-refractivity contribution in [3.05, 3.63) is 0 Å². The number of carboxylic acid groups (broad SMARTS) is 1. The van der Waals surface area contributed by atoms with E-state index < -0.39 is 157 Å². The molecule has 0 radical (unpaired) electrons. The van der Waals surface area contributed by atoms with E-state index in [0.29, 0.717) is 6.42 Å². The van der Waals surface area contributed by atoms with Crippen molar-refractivity contribution < 1.29 is 67.7 Å². The molecule has 406 valence electrons. The van der Waals surface area contributed by atoms with E-state index in [1.54, 1.807) is 0 Å². The van der Waals surface area contributed by atoms with Crippen molar-refractivity contribution in [3.63, 3.8) is 0 Å². The van der Waals surface area contributed by atoms with E-state index in [1.807, 2.05) is 5.32 Å². The standard InChI is InChI=1S/C39H71N19O14/c1-17(59)29(36(70)56-23(15-27(44)62)35(69)57-24(37(71)72)16-28(45)63)58-33(67)19(7-2-3-11-40)52-32(66)21(9-10-25(42)60)54-31(65)20(8-5-13-51-39(48)49)53-34(68)22(14-26(43)61)55-30(64)18(41)6-4-12-50-38(46)47/h17-24,29,59H,2-16,40-41H2,1H3,(H2,42,60)(H2,43,61)(H2,44,62)(H2,45,63)(H,52,66)(H,53,68)(H,54,65)(H,55,64)(H,56,70)(H,57,69)(H,58,67)(H,71,72)(H4,46,47,50)(H4,48,49,51). The largest absolute Gasteiger partial charge is 0.480 e. The molecular weight excluding hydrogens is 959 g/mol. The van der Waals surface area contributed by atoms with Crippen LogP contribution in [0.2, 0.25) is 0 Å². The van der Waals surface area contributed by atoms with Gasteiger partial charge in [0, 0.05) is 19.5 Å². The minimum absolute atomic E-state index is 0.00936. The Hall–Kier alpha value is -7.94. The third-order valence-corrected chi connectivity index (χ3v) is 9.93. The second kappa shape index (κ2) is 33.6. The third kappa shape index (κ3) is 27.3. The van der Waals surface area contributed by atoms with Gasteiger partial charge in [-0.15, -0.1) is 0 Å². The first-order chi connectivity index (χ1) is 33.6. The maximum absolute atomic E-state index is 14.0. The number of aliphatic hydroxyl groups is 1. The summed E-state index contributed by atoms with van der Waals surface area (Å²) in [7, 11) is 0. The molecular formula is C39H71N19O14. The number of hydrogen-bond donors (Lipinski definition) is 19. The van der Waals surface area contributed by atoms with Gasteiger partial charge in [-0.1, -0.05) is 0 Å². The zero-order valence-electron chi connectivity index (χ0n) is 39.8. The molecule has 0 bridgehead atoms. The van der Waals surface area contributed by atoms with Crippen LogP contribution in [-0.2, 0) is 57.5 Å². The van der Waals surface area contributed by atoms with Crippen LogP contribution in [0.5, 0.6) is 0 Å². The fourth-order valence-electron chi connectivity index (χ4n) is 6.25. The van der Waals surface area contributed by atoms with E-state index in [-0.39, 0.29) is 70.1 Å². The Morgan fingerprint density at radius 1 is 0.444 bits per heavy atom. The fraction of sp³-hybridized carbons (Fsp3) is 0.641. The van der Waals surface area contributed by atoms with E-state index >= 15 is 0 Å². The molecule has 0 aromatic heterocycles. The number of hydrogen-bond acceptors (Lipinski definition) is 17. The zero-order valence-corrected chi connectivity index (χ0v) is 39.8. The van der Waals surface area contributed by atoms with Gasteiger partial charge < -0.3 is 105 Å². The molecule has 0 aromatic rings. The van der Waals surface area contributed by atoms with Gasteiger partial charge in [0.25, 0.3) is 0 Å². The number of aliphatic imine (C=N–C) groups is 2. The van der Waals surface area contributed by atoms with Crippen LogP contribution in [0.1, 0.15) is 84.0 Å². The number of rotatable bonds is 37. The predicted molar refractivity (Wildman–Crippen MR) is 253 cm³/mol. The average molecular weight is 1030 g/mol. The van der Waals surface area contributed by atoms with Crippen molar-refractivity contribution in [3.8, 4) is 0 Å². The van der Waals surface area contributed by atoms with Crippen LogP contribution < -0.4 is 94.6 Å². The number of primary amides is 4. The number of aliphatic carboxylic acids is 1. The lowest BCUT2D eigenvalue weighted by molar-refractivity contribution is -0.144. The van der Waals surface area contributed by atoms with Crippen LogP contribution in [0.25, 0.3) is 0 Å². The van der Waals surface area contributed by atoms with E-state index in [2.05, 4.69) is 41.9 Å². The minimum atomic E-state index is -1.95. The molecule has 9 unspecified atom stereocenters. The fourth-order valence-corrected chi connectivity index (χ4v) is 6.25. The van der Waals surface area contributed by atoms with Crippen LogP contribution in [-0.4, -0.2) is 167 Å². The predicted octanol–water partition coefficient (Wildman–Crippen LogP) is -10.7. The quantitative estimate of drug-likeness (QED) is 0.0156. The highest BCUT2D eigenvalue weighted by molar-refractivity contribution is 5.99. The Morgan fingerprint density at radius 2 is 0.806 bits per heavy atom. The van der Waals surface area contributed by atoms with Crippen LogP contribution in [0.3, 0.4) is 0 Å². The molecule has 0 aliphatic rings. The van der Waals surface area contributed by atoms with E-state index in [9.17, 15) is 67.7 Å². The monoisotopic (exact) mass is 1030 g/mol. The van der Waals surface area contributed by atoms with E-state index in [4.69, 9.17) is 57.3 Å². The zero-order chi connectivity index (χ0) is 55.2. The first-order valence-electron chi connectivity index (χ1n) is 22.3. The second-order valence-corrected chi connectivity index (χ2v) is 16.2. The molecule has 0 rings (SSSR count). The summed E-state index contributed by atoms with van der Waals surface area (Å²) >= 11 is 0. The highest BCUT2D eigenvalue weighted by atomic mass is 16.4. The first kappa shape index (κ1) is 64.1. The van der Waals surface area contributed by atoms with Crippen molar-refractivity contribution in [2.24, 2.45) is 67.3 Å². The van der Waals surface area contributed by atoms with Crippen molar-refractivity contribution in [1.29, 1.82) is 0 Å². The number of nitrogens with one attached hydrogen (secondary N) is 7. The van der Waals surface area contributed by atoms with E-state index in [0.717, 1.165) is 6.92 Å². The minimum Gasteiger partial charge on any atom is -0.480 e. The number of guanidine groups is 2. The van der Waals surface area contributed by atoms with Gasteiger partial charge in [-0.2, -0.15) is 0 Å².